The number of thioether (sulfide) groups is 1. The highest BCUT2D eigenvalue weighted by molar-refractivity contribution is 7.98. The zero-order valence-electron chi connectivity index (χ0n) is 13.0. The van der Waals surface area contributed by atoms with Gasteiger partial charge in [-0.15, -0.1) is 11.8 Å². The Kier molecular flexibility index (Phi) is 3.75. The maximum absolute atomic E-state index is 4.74. The average Bonchev–Trinajstić information content (AvgIpc) is 3.10. The average molecular weight is 358 g/mol. The Labute approximate surface area is 146 Å². The fourth-order valence-electron chi connectivity index (χ4n) is 2.66. The third-order valence-corrected chi connectivity index (χ3v) is 6.27. The first-order valence-electron chi connectivity index (χ1n) is 7.22. The van der Waals surface area contributed by atoms with E-state index in [1.165, 1.54) is 25.4 Å². The number of benzene rings is 2. The lowest BCUT2D eigenvalue weighted by atomic mass is 10.1. The molecule has 0 amide bonds. The second-order valence-electron chi connectivity index (χ2n) is 5.40. The number of thiazole rings is 2. The van der Waals surface area contributed by atoms with Crippen molar-refractivity contribution in [2.24, 2.45) is 0 Å². The monoisotopic (exact) mass is 357 g/mol. The molecule has 0 aliphatic rings. The Balaban J connectivity index is 1.74. The zero-order chi connectivity index (χ0) is 16.0. The Hall–Kier alpha value is -1.63. The number of hydrogen-bond donors (Lipinski definition) is 1. The van der Waals surface area contributed by atoms with Crippen molar-refractivity contribution in [3.05, 3.63) is 41.5 Å². The van der Waals surface area contributed by atoms with Gasteiger partial charge in [0.25, 0.3) is 0 Å². The molecule has 116 valence electrons. The van der Waals surface area contributed by atoms with Gasteiger partial charge >= 0.3 is 0 Å². The van der Waals surface area contributed by atoms with Crippen LogP contribution in [0.25, 0.3) is 20.4 Å². The molecule has 1 N–H and O–H groups in total. The number of rotatable bonds is 3. The highest BCUT2D eigenvalue weighted by atomic mass is 32.2. The van der Waals surface area contributed by atoms with Gasteiger partial charge in [0, 0.05) is 4.90 Å². The van der Waals surface area contributed by atoms with E-state index < -0.39 is 0 Å². The Bertz CT molecular complexity index is 1020. The lowest BCUT2D eigenvalue weighted by Gasteiger charge is -1.96. The van der Waals surface area contributed by atoms with Gasteiger partial charge in [0.2, 0.25) is 0 Å². The molecular weight excluding hydrogens is 342 g/mol. The molecule has 0 bridgehead atoms. The van der Waals surface area contributed by atoms with E-state index in [1.807, 2.05) is 0 Å². The summed E-state index contributed by atoms with van der Waals surface area (Å²) >= 11 is 5.08. The Morgan fingerprint density at radius 2 is 1.70 bits per heavy atom. The Morgan fingerprint density at radius 1 is 0.957 bits per heavy atom. The number of hydrogen-bond acceptors (Lipinski definition) is 6. The summed E-state index contributed by atoms with van der Waals surface area (Å²) in [4.78, 5) is 10.7. The van der Waals surface area contributed by atoms with E-state index in [4.69, 9.17) is 9.97 Å². The number of para-hydroxylation sites is 1. The fraction of sp³-hybridized carbons (Fsp3) is 0.176. The van der Waals surface area contributed by atoms with Crippen molar-refractivity contribution in [2.45, 2.75) is 18.7 Å². The molecule has 0 atom stereocenters. The molecule has 23 heavy (non-hydrogen) atoms. The van der Waals surface area contributed by atoms with Crippen LogP contribution in [-0.4, -0.2) is 16.2 Å². The third-order valence-electron chi connectivity index (χ3n) is 3.65. The standard InChI is InChI=1S/C17H15N3S3/c1-9-7-10(2)14-13(8-9)23-16(18-14)20-17-19-15-11(21-3)5-4-6-12(15)22-17/h4-8H,1-3H3,(H,18,19,20). The van der Waals surface area contributed by atoms with Crippen LogP contribution in [0.3, 0.4) is 0 Å². The lowest BCUT2D eigenvalue weighted by Crippen LogP contribution is -1.88. The van der Waals surface area contributed by atoms with Crippen LogP contribution in [0.1, 0.15) is 11.1 Å². The molecule has 2 aromatic carbocycles. The summed E-state index contributed by atoms with van der Waals surface area (Å²) in [5, 5.41) is 5.19. The van der Waals surface area contributed by atoms with Crippen molar-refractivity contribution in [2.75, 3.05) is 11.6 Å². The number of aryl methyl sites for hydroxylation is 2. The van der Waals surface area contributed by atoms with E-state index in [9.17, 15) is 0 Å². The van der Waals surface area contributed by atoms with Crippen LogP contribution in [-0.2, 0) is 0 Å². The highest BCUT2D eigenvalue weighted by Gasteiger charge is 2.11. The number of nitrogens with one attached hydrogen (secondary N) is 1. The molecule has 2 aromatic heterocycles. The molecule has 0 saturated heterocycles. The first-order valence-corrected chi connectivity index (χ1v) is 10.1. The largest absolute Gasteiger partial charge is 0.307 e. The van der Waals surface area contributed by atoms with Gasteiger partial charge < -0.3 is 5.32 Å². The van der Waals surface area contributed by atoms with E-state index >= 15 is 0 Å². The summed E-state index contributed by atoms with van der Waals surface area (Å²) in [6, 6.07) is 10.7. The molecule has 0 fully saturated rings. The SMILES string of the molecule is CSc1cccc2sc(Nc3nc4c(C)cc(C)cc4s3)nc12. The molecule has 2 heterocycles. The van der Waals surface area contributed by atoms with Gasteiger partial charge in [-0.3, -0.25) is 0 Å². The van der Waals surface area contributed by atoms with Crippen molar-refractivity contribution in [3.63, 3.8) is 0 Å². The smallest absolute Gasteiger partial charge is 0.190 e. The second-order valence-corrected chi connectivity index (χ2v) is 8.31. The van der Waals surface area contributed by atoms with E-state index in [0.717, 1.165) is 21.3 Å². The number of aromatic nitrogens is 2. The molecule has 6 heteroatoms. The van der Waals surface area contributed by atoms with Crippen molar-refractivity contribution in [1.82, 2.24) is 9.97 Å². The minimum Gasteiger partial charge on any atom is -0.307 e. The van der Waals surface area contributed by atoms with Crippen LogP contribution < -0.4 is 5.32 Å². The van der Waals surface area contributed by atoms with Gasteiger partial charge in [-0.25, -0.2) is 9.97 Å². The van der Waals surface area contributed by atoms with Crippen LogP contribution in [0.4, 0.5) is 10.3 Å². The fourth-order valence-corrected chi connectivity index (χ4v) is 5.28. The van der Waals surface area contributed by atoms with E-state index in [2.05, 4.69) is 55.8 Å². The first kappa shape index (κ1) is 14.9. The van der Waals surface area contributed by atoms with Crippen molar-refractivity contribution >= 4 is 65.1 Å². The van der Waals surface area contributed by atoms with Crippen molar-refractivity contribution in [1.29, 1.82) is 0 Å². The summed E-state index contributed by atoms with van der Waals surface area (Å²) in [7, 11) is 0. The summed E-state index contributed by atoms with van der Waals surface area (Å²) in [6.07, 6.45) is 2.08. The van der Waals surface area contributed by atoms with Gasteiger partial charge in [-0.05, 0) is 49.4 Å². The molecule has 0 spiro atoms. The molecule has 4 aromatic rings. The summed E-state index contributed by atoms with van der Waals surface area (Å²) in [5.74, 6) is 0. The highest BCUT2D eigenvalue weighted by Crippen LogP contribution is 2.36. The van der Waals surface area contributed by atoms with E-state index in [-0.39, 0.29) is 0 Å². The predicted molar refractivity (Wildman–Crippen MR) is 104 cm³/mol. The normalized spacial score (nSPS) is 11.4. The summed E-state index contributed by atoms with van der Waals surface area (Å²) in [5.41, 5.74) is 4.64. The van der Waals surface area contributed by atoms with E-state index in [0.29, 0.717) is 0 Å². The van der Waals surface area contributed by atoms with Gasteiger partial charge in [-0.2, -0.15) is 0 Å². The summed E-state index contributed by atoms with van der Waals surface area (Å²) in [6.45, 7) is 4.23. The van der Waals surface area contributed by atoms with Crippen molar-refractivity contribution < 1.29 is 0 Å². The molecule has 0 saturated carbocycles. The van der Waals surface area contributed by atoms with Crippen LogP contribution in [0, 0.1) is 13.8 Å². The maximum atomic E-state index is 4.74. The number of nitrogens with zero attached hydrogens (tertiary/aromatic N) is 2. The van der Waals surface area contributed by atoms with Crippen molar-refractivity contribution in [3.8, 4) is 0 Å². The van der Waals surface area contributed by atoms with Crippen LogP contribution in [0.15, 0.2) is 35.2 Å². The molecule has 0 aliphatic heterocycles. The zero-order valence-corrected chi connectivity index (χ0v) is 15.5. The van der Waals surface area contributed by atoms with Crippen LogP contribution >= 0.6 is 34.4 Å². The Morgan fingerprint density at radius 3 is 2.48 bits per heavy atom. The number of fused-ring (bicyclic) bond motifs is 2. The second kappa shape index (κ2) is 5.78. The van der Waals surface area contributed by atoms with Gasteiger partial charge in [0.15, 0.2) is 10.3 Å². The van der Waals surface area contributed by atoms with Gasteiger partial charge in [-0.1, -0.05) is 34.8 Å². The third kappa shape index (κ3) is 2.71. The minimum absolute atomic E-state index is 0.898. The number of anilines is 2. The molecular formula is C17H15N3S3. The van der Waals surface area contributed by atoms with Crippen LogP contribution in [0.5, 0.6) is 0 Å². The van der Waals surface area contributed by atoms with E-state index in [1.54, 1.807) is 34.4 Å². The first-order chi connectivity index (χ1) is 11.1. The molecule has 3 nitrogen and oxygen atoms in total. The van der Waals surface area contributed by atoms with Gasteiger partial charge in [0.05, 0.1) is 20.4 Å². The maximum Gasteiger partial charge on any atom is 0.190 e. The molecule has 0 aliphatic carbocycles. The quantitative estimate of drug-likeness (QED) is 0.457. The minimum atomic E-state index is 0.898. The molecule has 4 rings (SSSR count). The topological polar surface area (TPSA) is 37.8 Å². The molecule has 0 unspecified atom stereocenters. The van der Waals surface area contributed by atoms with Gasteiger partial charge in [0.1, 0.15) is 0 Å². The predicted octanol–water partition coefficient (Wildman–Crippen LogP) is 5.99. The summed E-state index contributed by atoms with van der Waals surface area (Å²) < 4.78 is 2.42. The van der Waals surface area contributed by atoms with Crippen LogP contribution in [0.2, 0.25) is 0 Å². The lowest BCUT2D eigenvalue weighted by molar-refractivity contribution is 1.35. The molecule has 0 radical (unpaired) electrons.